The number of nitrogens with one attached hydrogen (secondary N) is 1. The zero-order valence-corrected chi connectivity index (χ0v) is 24.0. The number of ether oxygens (including phenoxy) is 3. The van der Waals surface area contributed by atoms with Gasteiger partial charge in [-0.2, -0.15) is 0 Å². The van der Waals surface area contributed by atoms with Gasteiger partial charge in [0.05, 0.1) is 17.1 Å². The molecule has 0 aliphatic rings. The summed E-state index contributed by atoms with van der Waals surface area (Å²) in [5.41, 5.74) is 0.712. The normalized spacial score (nSPS) is 11.3. The van der Waals surface area contributed by atoms with Crippen LogP contribution in [0.4, 0.5) is 11.4 Å². The van der Waals surface area contributed by atoms with E-state index in [1.54, 1.807) is 55.6 Å². The molecule has 0 spiro atoms. The number of hydrogen-bond acceptors (Lipinski definition) is 7. The molecule has 0 aliphatic carbocycles. The average molecular weight is 568 g/mol. The van der Waals surface area contributed by atoms with Gasteiger partial charge in [-0.05, 0) is 69.7 Å². The fourth-order valence-electron chi connectivity index (χ4n) is 4.11. The molecule has 0 fully saturated rings. The number of carbonyl (C=O) groups is 1. The number of hydrogen-bond donors (Lipinski definition) is 1. The van der Waals surface area contributed by atoms with Crippen LogP contribution in [-0.2, 0) is 4.79 Å². The van der Waals surface area contributed by atoms with Gasteiger partial charge in [-0.25, -0.2) is 0 Å². The summed E-state index contributed by atoms with van der Waals surface area (Å²) in [5.74, 6) is 0.994. The highest BCUT2D eigenvalue weighted by Gasteiger charge is 2.18. The minimum Gasteiger partial charge on any atom is -0.493 e. The zero-order valence-electron chi connectivity index (χ0n) is 23.2. The molecule has 10 heteroatoms. The fraction of sp³-hybridized carbons (Fsp3) is 0.300. The Balaban J connectivity index is 1.68. The molecule has 40 heavy (non-hydrogen) atoms. The van der Waals surface area contributed by atoms with Crippen molar-refractivity contribution in [2.45, 2.75) is 39.8 Å². The van der Waals surface area contributed by atoms with Crippen LogP contribution in [0, 0.1) is 10.1 Å². The standard InChI is InChI=1S/C30H34ClN3O6/c1-20(2)33(21(3)4)16-17-39-29-19-23(12-14-28(29)38-5)32-30(35)15-11-22-10-13-27(25(18-22)34(36)37)40-26-9-7-6-8-24(26)31/h6-15,18-21H,16-17H2,1-5H3,(H,32,35). The number of anilines is 1. The van der Waals surface area contributed by atoms with Crippen molar-refractivity contribution >= 4 is 35.0 Å². The van der Waals surface area contributed by atoms with Crippen molar-refractivity contribution in [3.8, 4) is 23.0 Å². The van der Waals surface area contributed by atoms with Crippen molar-refractivity contribution in [1.82, 2.24) is 4.90 Å². The first-order valence-corrected chi connectivity index (χ1v) is 13.2. The molecule has 212 valence electrons. The minimum atomic E-state index is -0.552. The number of benzene rings is 3. The minimum absolute atomic E-state index is 0.0374. The first kappa shape index (κ1) is 30.5. The molecule has 3 aromatic carbocycles. The Labute approximate surface area is 239 Å². The number of nitro benzene ring substituents is 1. The second-order valence-corrected chi connectivity index (χ2v) is 9.89. The molecule has 9 nitrogen and oxygen atoms in total. The molecule has 0 aromatic heterocycles. The van der Waals surface area contributed by atoms with Crippen LogP contribution >= 0.6 is 11.6 Å². The second-order valence-electron chi connectivity index (χ2n) is 9.48. The van der Waals surface area contributed by atoms with Gasteiger partial charge in [-0.3, -0.25) is 19.8 Å². The third-order valence-corrected chi connectivity index (χ3v) is 6.34. The van der Waals surface area contributed by atoms with Crippen molar-refractivity contribution in [3.63, 3.8) is 0 Å². The van der Waals surface area contributed by atoms with E-state index in [-0.39, 0.29) is 11.4 Å². The Morgan fingerprint density at radius 1 is 1.00 bits per heavy atom. The van der Waals surface area contributed by atoms with E-state index in [0.29, 0.717) is 52.2 Å². The highest BCUT2D eigenvalue weighted by molar-refractivity contribution is 6.32. The third-order valence-electron chi connectivity index (χ3n) is 6.03. The first-order valence-electron chi connectivity index (χ1n) is 12.9. The van der Waals surface area contributed by atoms with E-state index < -0.39 is 10.8 Å². The molecule has 0 saturated carbocycles. The van der Waals surface area contributed by atoms with E-state index in [2.05, 4.69) is 37.9 Å². The van der Waals surface area contributed by atoms with Gasteiger partial charge in [-0.1, -0.05) is 29.8 Å². The number of rotatable bonds is 13. The first-order chi connectivity index (χ1) is 19.1. The summed E-state index contributed by atoms with van der Waals surface area (Å²) in [6, 6.07) is 17.0. The lowest BCUT2D eigenvalue weighted by Gasteiger charge is -2.30. The summed E-state index contributed by atoms with van der Waals surface area (Å²) in [7, 11) is 1.56. The van der Waals surface area contributed by atoms with Gasteiger partial charge in [-0.15, -0.1) is 0 Å². The van der Waals surface area contributed by atoms with E-state index in [0.717, 1.165) is 6.54 Å². The van der Waals surface area contributed by atoms with Crippen LogP contribution in [-0.4, -0.2) is 48.1 Å². The summed E-state index contributed by atoms with van der Waals surface area (Å²) in [6.45, 7) is 9.78. The SMILES string of the molecule is COc1ccc(NC(=O)C=Cc2ccc(Oc3ccccc3Cl)c([N+](=O)[O-])c2)cc1OCCN(C(C)C)C(C)C. The summed E-state index contributed by atoms with van der Waals surface area (Å²) in [5, 5.41) is 14.8. The maximum Gasteiger partial charge on any atom is 0.312 e. The molecule has 0 unspecified atom stereocenters. The lowest BCUT2D eigenvalue weighted by molar-refractivity contribution is -0.385. The van der Waals surface area contributed by atoms with Gasteiger partial charge < -0.3 is 19.5 Å². The van der Waals surface area contributed by atoms with Crippen LogP contribution in [0.1, 0.15) is 33.3 Å². The van der Waals surface area contributed by atoms with Gasteiger partial charge in [0, 0.05) is 42.5 Å². The van der Waals surface area contributed by atoms with Crippen LogP contribution in [0.25, 0.3) is 6.08 Å². The fourth-order valence-corrected chi connectivity index (χ4v) is 4.28. The number of carbonyl (C=O) groups excluding carboxylic acids is 1. The molecular formula is C30H34ClN3O6. The quantitative estimate of drug-likeness (QED) is 0.132. The molecule has 0 aliphatic heterocycles. The van der Waals surface area contributed by atoms with E-state index in [4.69, 9.17) is 25.8 Å². The Morgan fingerprint density at radius 2 is 1.70 bits per heavy atom. The highest BCUT2D eigenvalue weighted by Crippen LogP contribution is 2.35. The molecule has 0 saturated heterocycles. The largest absolute Gasteiger partial charge is 0.493 e. The summed E-state index contributed by atoms with van der Waals surface area (Å²) in [4.78, 5) is 26.0. The molecule has 1 N–H and O–H groups in total. The summed E-state index contributed by atoms with van der Waals surface area (Å²) < 4.78 is 17.1. The Morgan fingerprint density at radius 3 is 2.35 bits per heavy atom. The van der Waals surface area contributed by atoms with E-state index in [1.165, 1.54) is 24.3 Å². The Kier molecular flexibility index (Phi) is 10.9. The monoisotopic (exact) mass is 567 g/mol. The molecule has 0 radical (unpaired) electrons. The number of nitrogens with zero attached hydrogens (tertiary/aromatic N) is 2. The molecule has 3 rings (SSSR count). The molecule has 0 bridgehead atoms. The second kappa shape index (κ2) is 14.3. The van der Waals surface area contributed by atoms with E-state index in [9.17, 15) is 14.9 Å². The van der Waals surface area contributed by atoms with Gasteiger partial charge >= 0.3 is 5.69 Å². The number of amides is 1. The Hall–Kier alpha value is -4.08. The van der Waals surface area contributed by atoms with Crippen molar-refractivity contribution in [3.05, 3.63) is 87.4 Å². The number of para-hydroxylation sites is 1. The average Bonchev–Trinajstić information content (AvgIpc) is 2.91. The van der Waals surface area contributed by atoms with Gasteiger partial charge in [0.2, 0.25) is 11.7 Å². The number of methoxy groups -OCH3 is 1. The van der Waals surface area contributed by atoms with Crippen LogP contribution < -0.4 is 19.5 Å². The van der Waals surface area contributed by atoms with Crippen molar-refractivity contribution in [2.75, 3.05) is 25.6 Å². The van der Waals surface area contributed by atoms with Crippen LogP contribution in [0.5, 0.6) is 23.0 Å². The molecule has 0 heterocycles. The maximum absolute atomic E-state index is 12.6. The van der Waals surface area contributed by atoms with E-state index >= 15 is 0 Å². The van der Waals surface area contributed by atoms with Crippen LogP contribution in [0.3, 0.4) is 0 Å². The van der Waals surface area contributed by atoms with E-state index in [1.807, 2.05) is 0 Å². The maximum atomic E-state index is 12.6. The third kappa shape index (κ3) is 8.46. The van der Waals surface area contributed by atoms with Gasteiger partial charge in [0.1, 0.15) is 12.4 Å². The predicted octanol–water partition coefficient (Wildman–Crippen LogP) is 7.20. The van der Waals surface area contributed by atoms with Gasteiger partial charge in [0.15, 0.2) is 11.5 Å². The van der Waals surface area contributed by atoms with Crippen molar-refractivity contribution < 1.29 is 23.9 Å². The van der Waals surface area contributed by atoms with Crippen LogP contribution in [0.2, 0.25) is 5.02 Å². The predicted molar refractivity (Wildman–Crippen MR) is 158 cm³/mol. The summed E-state index contributed by atoms with van der Waals surface area (Å²) in [6.07, 6.45) is 2.77. The van der Waals surface area contributed by atoms with Crippen molar-refractivity contribution in [2.24, 2.45) is 0 Å². The lowest BCUT2D eigenvalue weighted by atomic mass is 10.1. The van der Waals surface area contributed by atoms with Crippen LogP contribution in [0.15, 0.2) is 66.7 Å². The lowest BCUT2D eigenvalue weighted by Crippen LogP contribution is -2.39. The molecule has 0 atom stereocenters. The molecular weight excluding hydrogens is 534 g/mol. The Bertz CT molecular complexity index is 1350. The molecule has 1 amide bonds. The van der Waals surface area contributed by atoms with Crippen molar-refractivity contribution in [1.29, 1.82) is 0 Å². The van der Waals surface area contributed by atoms with Gasteiger partial charge in [0.25, 0.3) is 0 Å². The number of halogens is 1. The zero-order chi connectivity index (χ0) is 29.2. The number of nitro groups is 1. The topological polar surface area (TPSA) is 103 Å². The smallest absolute Gasteiger partial charge is 0.312 e. The molecule has 3 aromatic rings. The highest BCUT2D eigenvalue weighted by atomic mass is 35.5. The summed E-state index contributed by atoms with van der Waals surface area (Å²) >= 11 is 6.11.